The largest absolute Gasteiger partial charge is 0.490 e. The quantitative estimate of drug-likeness (QED) is 0.458. The molecule has 0 spiro atoms. The predicted molar refractivity (Wildman–Crippen MR) is 113 cm³/mol. The maximum absolute atomic E-state index is 12.8. The third-order valence-corrected chi connectivity index (χ3v) is 4.46. The summed E-state index contributed by atoms with van der Waals surface area (Å²) in [5.41, 5.74) is 3.92. The van der Waals surface area contributed by atoms with Crippen LogP contribution in [0, 0.1) is 0 Å². The van der Waals surface area contributed by atoms with Gasteiger partial charge in [-0.2, -0.15) is 0 Å². The first-order valence-electron chi connectivity index (χ1n) is 9.32. The number of benzene rings is 3. The lowest BCUT2D eigenvalue weighted by atomic mass is 10.1. The van der Waals surface area contributed by atoms with Crippen molar-refractivity contribution in [3.63, 3.8) is 0 Å². The van der Waals surface area contributed by atoms with Gasteiger partial charge in [-0.3, -0.25) is 4.79 Å². The normalized spacial score (nSPS) is 10.8. The van der Waals surface area contributed by atoms with E-state index < -0.39 is 0 Å². The fraction of sp³-hybridized carbons (Fsp3) is 0.130. The number of hydrogen-bond donors (Lipinski definition) is 2. The number of nitrogens with zero attached hydrogens (tertiary/aromatic N) is 1. The number of carbonyl (C=O) groups is 1. The smallest absolute Gasteiger partial charge is 0.259 e. The van der Waals surface area contributed by atoms with Crippen molar-refractivity contribution in [3.8, 4) is 17.1 Å². The summed E-state index contributed by atoms with van der Waals surface area (Å²) in [7, 11) is 1.61. The van der Waals surface area contributed by atoms with Crippen LogP contribution in [0.15, 0.2) is 72.8 Å². The monoisotopic (exact) mass is 387 g/mol. The highest BCUT2D eigenvalue weighted by Crippen LogP contribution is 2.24. The van der Waals surface area contributed by atoms with Crippen molar-refractivity contribution < 1.29 is 14.3 Å². The third-order valence-electron chi connectivity index (χ3n) is 4.46. The molecule has 4 aromatic rings. The van der Waals surface area contributed by atoms with Gasteiger partial charge in [-0.25, -0.2) is 4.98 Å². The molecule has 6 nitrogen and oxygen atoms in total. The van der Waals surface area contributed by atoms with E-state index in [0.717, 1.165) is 22.4 Å². The highest BCUT2D eigenvalue weighted by atomic mass is 16.5. The summed E-state index contributed by atoms with van der Waals surface area (Å²) in [6, 6.07) is 22.6. The lowest BCUT2D eigenvalue weighted by Crippen LogP contribution is -2.14. The zero-order chi connectivity index (χ0) is 20.1. The summed E-state index contributed by atoms with van der Waals surface area (Å²) in [6.45, 7) is 0.831. The Morgan fingerprint density at radius 3 is 2.69 bits per heavy atom. The highest BCUT2D eigenvalue weighted by molar-refractivity contribution is 6.06. The van der Waals surface area contributed by atoms with Crippen LogP contribution >= 0.6 is 0 Å². The maximum atomic E-state index is 12.8. The fourth-order valence-corrected chi connectivity index (χ4v) is 3.05. The SMILES string of the molecule is COCCOc1ccccc1C(=O)Nc1cccc(-c2nc3ccccc3[nH]2)c1. The van der Waals surface area contributed by atoms with Gasteiger partial charge >= 0.3 is 0 Å². The number of hydrogen-bond acceptors (Lipinski definition) is 4. The first-order chi connectivity index (χ1) is 14.2. The lowest BCUT2D eigenvalue weighted by Gasteiger charge is -2.12. The summed E-state index contributed by atoms with van der Waals surface area (Å²) < 4.78 is 10.7. The van der Waals surface area contributed by atoms with Crippen LogP contribution in [0.25, 0.3) is 22.4 Å². The van der Waals surface area contributed by atoms with Crippen LogP contribution in [0.5, 0.6) is 5.75 Å². The molecule has 0 unspecified atom stereocenters. The topological polar surface area (TPSA) is 76.2 Å². The molecule has 0 radical (unpaired) electrons. The van der Waals surface area contributed by atoms with E-state index in [-0.39, 0.29) is 5.91 Å². The number of methoxy groups -OCH3 is 1. The molecule has 29 heavy (non-hydrogen) atoms. The van der Waals surface area contributed by atoms with Crippen LogP contribution in [0.3, 0.4) is 0 Å². The van der Waals surface area contributed by atoms with E-state index in [1.807, 2.05) is 60.7 Å². The molecule has 0 aliphatic rings. The van der Waals surface area contributed by atoms with E-state index in [2.05, 4.69) is 15.3 Å². The van der Waals surface area contributed by atoms with Gasteiger partial charge in [0.25, 0.3) is 5.91 Å². The second kappa shape index (κ2) is 8.58. The number of aromatic amines is 1. The van der Waals surface area contributed by atoms with Gasteiger partial charge in [0.2, 0.25) is 0 Å². The molecule has 2 N–H and O–H groups in total. The van der Waals surface area contributed by atoms with E-state index >= 15 is 0 Å². The van der Waals surface area contributed by atoms with E-state index in [9.17, 15) is 4.79 Å². The summed E-state index contributed by atoms with van der Waals surface area (Å²) in [5.74, 6) is 1.04. The van der Waals surface area contributed by atoms with Crippen LogP contribution < -0.4 is 10.1 Å². The summed E-state index contributed by atoms with van der Waals surface area (Å²) in [4.78, 5) is 20.7. The maximum Gasteiger partial charge on any atom is 0.259 e. The molecular formula is C23H21N3O3. The number of nitrogens with one attached hydrogen (secondary N) is 2. The summed E-state index contributed by atoms with van der Waals surface area (Å²) in [6.07, 6.45) is 0. The van der Waals surface area contributed by atoms with Gasteiger partial charge in [-0.05, 0) is 36.4 Å². The molecule has 0 fully saturated rings. The molecule has 1 aromatic heterocycles. The summed E-state index contributed by atoms with van der Waals surface area (Å²) in [5, 5.41) is 2.94. The summed E-state index contributed by atoms with van der Waals surface area (Å²) >= 11 is 0. The molecule has 1 heterocycles. The van der Waals surface area contributed by atoms with Crippen molar-refractivity contribution in [1.29, 1.82) is 0 Å². The highest BCUT2D eigenvalue weighted by Gasteiger charge is 2.13. The minimum Gasteiger partial charge on any atom is -0.490 e. The van der Waals surface area contributed by atoms with Gasteiger partial charge < -0.3 is 19.8 Å². The first kappa shape index (κ1) is 18.7. The number of amides is 1. The molecule has 0 aliphatic heterocycles. The third kappa shape index (κ3) is 4.28. The molecule has 4 rings (SSSR count). The van der Waals surface area contributed by atoms with Crippen molar-refractivity contribution >= 4 is 22.6 Å². The molecule has 1 amide bonds. The number of aromatic nitrogens is 2. The van der Waals surface area contributed by atoms with Gasteiger partial charge in [0, 0.05) is 18.4 Å². The second-order valence-electron chi connectivity index (χ2n) is 6.47. The molecule has 3 aromatic carbocycles. The molecule has 6 heteroatoms. The Morgan fingerprint density at radius 2 is 1.83 bits per heavy atom. The fourth-order valence-electron chi connectivity index (χ4n) is 3.05. The minimum absolute atomic E-state index is 0.236. The molecule has 0 aliphatic carbocycles. The van der Waals surface area contributed by atoms with Crippen molar-refractivity contribution in [3.05, 3.63) is 78.4 Å². The second-order valence-corrected chi connectivity index (χ2v) is 6.47. The lowest BCUT2D eigenvalue weighted by molar-refractivity contribution is 0.101. The number of ether oxygens (including phenoxy) is 2. The van der Waals surface area contributed by atoms with Gasteiger partial charge in [-0.15, -0.1) is 0 Å². The Labute approximate surface area is 168 Å². The van der Waals surface area contributed by atoms with Gasteiger partial charge in [0.1, 0.15) is 18.2 Å². The Bertz CT molecular complexity index is 1100. The van der Waals surface area contributed by atoms with Gasteiger partial charge in [-0.1, -0.05) is 36.4 Å². The van der Waals surface area contributed by atoms with Crippen LogP contribution in [0.1, 0.15) is 10.4 Å². The Hall–Kier alpha value is -3.64. The average Bonchev–Trinajstić information content (AvgIpc) is 3.19. The standard InChI is InChI=1S/C23H21N3O3/c1-28-13-14-29-21-12-5-2-9-18(21)23(27)24-17-8-6-7-16(15-17)22-25-19-10-3-4-11-20(19)26-22/h2-12,15H,13-14H2,1H3,(H,24,27)(H,25,26). The van der Waals surface area contributed by atoms with Crippen LogP contribution in [-0.4, -0.2) is 36.2 Å². The van der Waals surface area contributed by atoms with E-state index in [0.29, 0.717) is 30.2 Å². The molecule has 0 saturated carbocycles. The first-order valence-corrected chi connectivity index (χ1v) is 9.32. The van der Waals surface area contributed by atoms with E-state index in [4.69, 9.17) is 9.47 Å². The van der Waals surface area contributed by atoms with E-state index in [1.54, 1.807) is 19.2 Å². The Morgan fingerprint density at radius 1 is 1.00 bits per heavy atom. The number of carbonyl (C=O) groups excluding carboxylic acids is 1. The van der Waals surface area contributed by atoms with Crippen LogP contribution in [0.2, 0.25) is 0 Å². The number of rotatable bonds is 7. The van der Waals surface area contributed by atoms with Gasteiger partial charge in [0.05, 0.1) is 23.2 Å². The van der Waals surface area contributed by atoms with Crippen molar-refractivity contribution in [1.82, 2.24) is 9.97 Å². The molecule has 0 saturated heterocycles. The predicted octanol–water partition coefficient (Wildman–Crippen LogP) is 4.51. The minimum atomic E-state index is -0.236. The van der Waals surface area contributed by atoms with Gasteiger partial charge in [0.15, 0.2) is 0 Å². The number of anilines is 1. The molecule has 0 atom stereocenters. The number of imidazole rings is 1. The number of para-hydroxylation sites is 3. The van der Waals surface area contributed by atoms with Crippen molar-refractivity contribution in [2.24, 2.45) is 0 Å². The Kier molecular flexibility index (Phi) is 5.54. The van der Waals surface area contributed by atoms with E-state index in [1.165, 1.54) is 0 Å². The molecular weight excluding hydrogens is 366 g/mol. The number of H-pyrrole nitrogens is 1. The van der Waals surface area contributed by atoms with Crippen LogP contribution in [0.4, 0.5) is 5.69 Å². The zero-order valence-corrected chi connectivity index (χ0v) is 16.0. The van der Waals surface area contributed by atoms with Crippen molar-refractivity contribution in [2.75, 3.05) is 25.6 Å². The van der Waals surface area contributed by atoms with Crippen LogP contribution in [-0.2, 0) is 4.74 Å². The molecule has 146 valence electrons. The average molecular weight is 387 g/mol. The zero-order valence-electron chi connectivity index (χ0n) is 16.0. The van der Waals surface area contributed by atoms with Crippen molar-refractivity contribution in [2.45, 2.75) is 0 Å². The molecule has 0 bridgehead atoms. The number of fused-ring (bicyclic) bond motifs is 1. The Balaban J connectivity index is 1.54.